The van der Waals surface area contributed by atoms with Gasteiger partial charge in [0.25, 0.3) is 20.2 Å². The Morgan fingerprint density at radius 3 is 2.06 bits per heavy atom. The third-order valence-electron chi connectivity index (χ3n) is 5.20. The van der Waals surface area contributed by atoms with Gasteiger partial charge in [0.1, 0.15) is 4.90 Å². The van der Waals surface area contributed by atoms with E-state index in [2.05, 4.69) is 4.90 Å². The summed E-state index contributed by atoms with van der Waals surface area (Å²) in [4.78, 5) is 13.2. The maximum atomic E-state index is 12.1. The first-order chi connectivity index (χ1) is 15.4. The molecule has 174 valence electrons. The lowest BCUT2D eigenvalue weighted by Gasteiger charge is -2.21. The third-order valence-corrected chi connectivity index (χ3v) is 6.98. The Kier molecular flexibility index (Phi) is 7.03. The van der Waals surface area contributed by atoms with E-state index in [4.69, 9.17) is 0 Å². The van der Waals surface area contributed by atoms with Crippen LogP contribution in [0.1, 0.15) is 25.0 Å². The van der Waals surface area contributed by atoms with Crippen LogP contribution in [0.15, 0.2) is 76.1 Å². The number of nitrogens with zero attached hydrogens (tertiary/aromatic N) is 1. The van der Waals surface area contributed by atoms with Gasteiger partial charge in [0, 0.05) is 18.8 Å². The van der Waals surface area contributed by atoms with Gasteiger partial charge in [0.15, 0.2) is 5.78 Å². The average Bonchev–Trinajstić information content (AvgIpc) is 2.75. The molecule has 0 saturated heterocycles. The van der Waals surface area contributed by atoms with Gasteiger partial charge in [0.05, 0.1) is 4.90 Å². The summed E-state index contributed by atoms with van der Waals surface area (Å²) < 4.78 is 65.7. The van der Waals surface area contributed by atoms with Gasteiger partial charge in [0.2, 0.25) is 0 Å². The summed E-state index contributed by atoms with van der Waals surface area (Å²) in [6, 6.07) is 10.2. The first-order valence-electron chi connectivity index (χ1n) is 10.0. The maximum absolute atomic E-state index is 12.1. The fourth-order valence-electron chi connectivity index (χ4n) is 3.55. The molecule has 0 radical (unpaired) electrons. The molecule has 0 aromatic heterocycles. The smallest absolute Gasteiger partial charge is 0.295 e. The lowest BCUT2D eigenvalue weighted by atomic mass is 9.91. The molecule has 8 nitrogen and oxygen atoms in total. The second-order valence-electron chi connectivity index (χ2n) is 7.26. The predicted molar refractivity (Wildman–Crippen MR) is 126 cm³/mol. The minimum atomic E-state index is -4.70. The number of carbonyl (C=O) groups is 1. The number of hydrogen-bond acceptors (Lipinski definition) is 6. The third kappa shape index (κ3) is 5.66. The molecule has 0 aliphatic heterocycles. The van der Waals surface area contributed by atoms with E-state index in [9.17, 15) is 30.7 Å². The molecular formula is C23H23NO7S2. The van der Waals surface area contributed by atoms with Gasteiger partial charge in [-0.05, 0) is 84.7 Å². The molecule has 1 aliphatic rings. The zero-order valence-corrected chi connectivity index (χ0v) is 19.6. The Balaban J connectivity index is 2.15. The summed E-state index contributed by atoms with van der Waals surface area (Å²) >= 11 is 0. The SMILES string of the molecule is CCN(CC)c1ccc(C2=CC(=O)C=C/C2=C\c2cc(S(=O)(=O)O)ccc2S(=O)(=O)O)cc1. The van der Waals surface area contributed by atoms with Crippen LogP contribution in [0.5, 0.6) is 0 Å². The summed E-state index contributed by atoms with van der Waals surface area (Å²) in [6.45, 7) is 5.73. The van der Waals surface area contributed by atoms with E-state index in [1.165, 1.54) is 24.3 Å². The van der Waals surface area contributed by atoms with Crippen molar-refractivity contribution in [2.24, 2.45) is 0 Å². The van der Waals surface area contributed by atoms with Crippen LogP contribution in [0.4, 0.5) is 5.69 Å². The molecule has 1 aliphatic carbocycles. The van der Waals surface area contributed by atoms with Crippen LogP contribution in [-0.2, 0) is 25.0 Å². The van der Waals surface area contributed by atoms with Crippen molar-refractivity contribution in [3.8, 4) is 0 Å². The van der Waals surface area contributed by atoms with E-state index >= 15 is 0 Å². The molecule has 2 N–H and O–H groups in total. The maximum Gasteiger partial charge on any atom is 0.295 e. The number of carbonyl (C=O) groups excluding carboxylic acids is 1. The van der Waals surface area contributed by atoms with E-state index in [0.29, 0.717) is 16.7 Å². The van der Waals surface area contributed by atoms with Crippen LogP contribution in [0.2, 0.25) is 0 Å². The van der Waals surface area contributed by atoms with Crippen molar-refractivity contribution in [3.63, 3.8) is 0 Å². The number of anilines is 1. The summed E-state index contributed by atoms with van der Waals surface area (Å²) in [5.74, 6) is -0.267. The number of ketones is 1. The number of benzene rings is 2. The summed E-state index contributed by atoms with van der Waals surface area (Å²) in [6.07, 6.45) is 5.49. The van der Waals surface area contributed by atoms with Gasteiger partial charge in [-0.2, -0.15) is 16.8 Å². The Bertz CT molecular complexity index is 1380. The highest BCUT2D eigenvalue weighted by Gasteiger charge is 2.20. The topological polar surface area (TPSA) is 129 Å². The number of hydrogen-bond donors (Lipinski definition) is 2. The monoisotopic (exact) mass is 489 g/mol. The van der Waals surface area contributed by atoms with Gasteiger partial charge in [-0.25, -0.2) is 0 Å². The van der Waals surface area contributed by atoms with E-state index in [1.54, 1.807) is 0 Å². The molecule has 2 aromatic rings. The van der Waals surface area contributed by atoms with Crippen LogP contribution in [-0.4, -0.2) is 44.8 Å². The first-order valence-corrected chi connectivity index (χ1v) is 12.9. The predicted octanol–water partition coefficient (Wildman–Crippen LogP) is 3.63. The highest BCUT2D eigenvalue weighted by atomic mass is 32.2. The number of allylic oxidation sites excluding steroid dienone is 5. The first kappa shape index (κ1) is 24.6. The minimum Gasteiger partial charge on any atom is -0.372 e. The van der Waals surface area contributed by atoms with E-state index < -0.39 is 30.0 Å². The zero-order chi connectivity index (χ0) is 24.4. The Labute approximate surface area is 193 Å². The molecule has 2 aromatic carbocycles. The standard InChI is InChI=1S/C23H23NO7S2/c1-3-24(4-2)19-8-5-16(6-9-19)22-15-20(25)10-7-17(22)13-18-14-21(32(26,27)28)11-12-23(18)33(29,30)31/h5-15H,3-4H2,1-2H3,(H,26,27,28)(H,29,30,31)/b17-13+. The summed E-state index contributed by atoms with van der Waals surface area (Å²) in [7, 11) is -9.32. The largest absolute Gasteiger partial charge is 0.372 e. The highest BCUT2D eigenvalue weighted by molar-refractivity contribution is 7.86. The highest BCUT2D eigenvalue weighted by Crippen LogP contribution is 2.32. The fraction of sp³-hybridized carbons (Fsp3) is 0.174. The van der Waals surface area contributed by atoms with Crippen molar-refractivity contribution < 1.29 is 30.7 Å². The zero-order valence-electron chi connectivity index (χ0n) is 18.0. The molecule has 33 heavy (non-hydrogen) atoms. The van der Waals surface area contributed by atoms with E-state index in [0.717, 1.165) is 37.0 Å². The van der Waals surface area contributed by atoms with Crippen molar-refractivity contribution >= 4 is 43.4 Å². The van der Waals surface area contributed by atoms with Gasteiger partial charge in [-0.1, -0.05) is 18.2 Å². The lowest BCUT2D eigenvalue weighted by Crippen LogP contribution is -2.21. The Morgan fingerprint density at radius 1 is 0.879 bits per heavy atom. The molecule has 0 heterocycles. The molecule has 0 amide bonds. The molecular weight excluding hydrogens is 466 g/mol. The average molecular weight is 490 g/mol. The summed E-state index contributed by atoms with van der Waals surface area (Å²) in [5.41, 5.74) is 2.44. The molecule has 0 fully saturated rings. The van der Waals surface area contributed by atoms with Crippen LogP contribution >= 0.6 is 0 Å². The number of rotatable bonds is 7. The molecule has 0 saturated carbocycles. The lowest BCUT2D eigenvalue weighted by molar-refractivity contribution is -0.110. The van der Waals surface area contributed by atoms with Crippen LogP contribution in [0.3, 0.4) is 0 Å². The summed E-state index contributed by atoms with van der Waals surface area (Å²) in [5, 5.41) is 0. The van der Waals surface area contributed by atoms with E-state index in [-0.39, 0.29) is 11.3 Å². The van der Waals surface area contributed by atoms with Gasteiger partial charge >= 0.3 is 0 Å². The Morgan fingerprint density at radius 2 is 1.52 bits per heavy atom. The molecule has 0 bridgehead atoms. The Hall–Kier alpha value is -3.05. The van der Waals surface area contributed by atoms with Crippen LogP contribution < -0.4 is 4.90 Å². The molecule has 0 spiro atoms. The normalized spacial score (nSPS) is 15.6. The molecule has 3 rings (SSSR count). The van der Waals surface area contributed by atoms with Crippen molar-refractivity contribution in [1.29, 1.82) is 0 Å². The van der Waals surface area contributed by atoms with Crippen molar-refractivity contribution in [1.82, 2.24) is 0 Å². The van der Waals surface area contributed by atoms with Crippen molar-refractivity contribution in [3.05, 3.63) is 77.4 Å². The second-order valence-corrected chi connectivity index (χ2v) is 10.1. The van der Waals surface area contributed by atoms with E-state index in [1.807, 2.05) is 38.1 Å². The second kappa shape index (κ2) is 9.44. The van der Waals surface area contributed by atoms with Crippen LogP contribution in [0, 0.1) is 0 Å². The van der Waals surface area contributed by atoms with Crippen molar-refractivity contribution in [2.45, 2.75) is 23.6 Å². The quantitative estimate of drug-likeness (QED) is 0.564. The van der Waals surface area contributed by atoms with Crippen LogP contribution in [0.25, 0.3) is 11.6 Å². The minimum absolute atomic E-state index is 0.160. The molecule has 10 heteroatoms. The molecule has 0 atom stereocenters. The van der Waals surface area contributed by atoms with Crippen molar-refractivity contribution in [2.75, 3.05) is 18.0 Å². The molecule has 0 unspecified atom stereocenters. The fourth-order valence-corrected chi connectivity index (χ4v) is 4.73. The van der Waals surface area contributed by atoms with Gasteiger partial charge < -0.3 is 4.90 Å². The van der Waals surface area contributed by atoms with Gasteiger partial charge in [-0.15, -0.1) is 0 Å². The van der Waals surface area contributed by atoms with Gasteiger partial charge in [-0.3, -0.25) is 13.9 Å².